The van der Waals surface area contributed by atoms with E-state index < -0.39 is 0 Å². The van der Waals surface area contributed by atoms with Gasteiger partial charge in [-0.2, -0.15) is 0 Å². The number of hydrogen-bond acceptors (Lipinski definition) is 3. The van der Waals surface area contributed by atoms with Crippen LogP contribution in [-0.4, -0.2) is 22.2 Å². The molecule has 0 N–H and O–H groups in total. The summed E-state index contributed by atoms with van der Waals surface area (Å²) in [6.07, 6.45) is 0. The average molecular weight is 210 g/mol. The van der Waals surface area contributed by atoms with Crippen LogP contribution in [-0.2, 0) is 0 Å². The Morgan fingerprint density at radius 2 is 2.07 bits per heavy atom. The Balaban J connectivity index is 2.26. The number of fused-ring (bicyclic) bond motifs is 1. The summed E-state index contributed by atoms with van der Waals surface area (Å²) in [7, 11) is 0. The zero-order valence-corrected chi connectivity index (χ0v) is 10.4. The smallest absolute Gasteiger partial charge is 0.168 e. The molecule has 0 radical (unpaired) electrons. The van der Waals surface area contributed by atoms with Crippen molar-refractivity contribution >= 4 is 16.9 Å². The Kier molecular flexibility index (Phi) is 2.01. The van der Waals surface area contributed by atoms with Gasteiger partial charge in [0.25, 0.3) is 0 Å². The van der Waals surface area contributed by atoms with Crippen LogP contribution in [0.1, 0.15) is 34.6 Å². The molecule has 78 valence electrons. The lowest BCUT2D eigenvalue weighted by molar-refractivity contribution is 0.348. The third-order valence-corrected chi connectivity index (χ3v) is 3.37. The highest BCUT2D eigenvalue weighted by molar-refractivity contribution is 8.16. The van der Waals surface area contributed by atoms with Crippen molar-refractivity contribution in [3.63, 3.8) is 0 Å². The number of allylic oxidation sites excluding steroid dienone is 1. The Hall–Kier alpha value is -0.440. The molecule has 0 atom stereocenters. The highest BCUT2D eigenvalue weighted by Crippen LogP contribution is 2.42. The summed E-state index contributed by atoms with van der Waals surface area (Å²) >= 11 is 1.76. The van der Waals surface area contributed by atoms with Gasteiger partial charge in [-0.25, -0.2) is 0 Å². The first kappa shape index (κ1) is 10.1. The molecule has 0 aromatic heterocycles. The number of thioether (sulfide) groups is 1. The molecule has 2 heterocycles. The monoisotopic (exact) mass is 210 g/mol. The molecule has 0 amide bonds. The molecule has 2 aliphatic rings. The summed E-state index contributed by atoms with van der Waals surface area (Å²) in [5.74, 6) is 0. The summed E-state index contributed by atoms with van der Waals surface area (Å²) in [5, 5.41) is 3.42. The standard InChI is InChI=1S/C11H18N2S/c1-10(2,3)8-6-14-9-12-11(4,5)7-13(8)9/h6H,7H2,1-5H3. The van der Waals surface area contributed by atoms with E-state index in [9.17, 15) is 0 Å². The van der Waals surface area contributed by atoms with Crippen molar-refractivity contribution in [1.82, 2.24) is 4.90 Å². The van der Waals surface area contributed by atoms with Crippen LogP contribution in [0.25, 0.3) is 0 Å². The Morgan fingerprint density at radius 1 is 1.43 bits per heavy atom. The maximum absolute atomic E-state index is 4.70. The fraction of sp³-hybridized carbons (Fsp3) is 0.727. The normalized spacial score (nSPS) is 24.8. The van der Waals surface area contributed by atoms with Gasteiger partial charge >= 0.3 is 0 Å². The van der Waals surface area contributed by atoms with Crippen molar-refractivity contribution in [1.29, 1.82) is 0 Å². The van der Waals surface area contributed by atoms with E-state index in [1.807, 2.05) is 0 Å². The van der Waals surface area contributed by atoms with Crippen molar-refractivity contribution in [3.05, 3.63) is 11.1 Å². The van der Waals surface area contributed by atoms with Crippen LogP contribution >= 0.6 is 11.8 Å². The van der Waals surface area contributed by atoms with E-state index in [0.29, 0.717) is 0 Å². The molecule has 0 aromatic rings. The van der Waals surface area contributed by atoms with E-state index in [-0.39, 0.29) is 11.0 Å². The molecule has 0 bridgehead atoms. The summed E-state index contributed by atoms with van der Waals surface area (Å²) < 4.78 is 0. The summed E-state index contributed by atoms with van der Waals surface area (Å²) in [4.78, 5) is 7.07. The van der Waals surface area contributed by atoms with E-state index in [1.54, 1.807) is 11.8 Å². The lowest BCUT2D eigenvalue weighted by Gasteiger charge is -2.29. The van der Waals surface area contributed by atoms with Gasteiger partial charge in [0.05, 0.1) is 5.54 Å². The van der Waals surface area contributed by atoms with Crippen LogP contribution in [0.2, 0.25) is 0 Å². The van der Waals surface area contributed by atoms with Gasteiger partial charge in [0.2, 0.25) is 0 Å². The number of amidine groups is 1. The molecule has 0 aliphatic carbocycles. The Morgan fingerprint density at radius 3 is 2.64 bits per heavy atom. The lowest BCUT2D eigenvalue weighted by Crippen LogP contribution is -2.33. The summed E-state index contributed by atoms with van der Waals surface area (Å²) in [6.45, 7) is 12.2. The predicted molar refractivity (Wildman–Crippen MR) is 63.3 cm³/mol. The Bertz CT molecular complexity index is 321. The molecule has 0 spiro atoms. The molecule has 0 aromatic carbocycles. The maximum Gasteiger partial charge on any atom is 0.168 e. The minimum Gasteiger partial charge on any atom is -0.321 e. The lowest BCUT2D eigenvalue weighted by atomic mass is 9.91. The first-order valence-electron chi connectivity index (χ1n) is 5.04. The largest absolute Gasteiger partial charge is 0.321 e. The van der Waals surface area contributed by atoms with E-state index in [4.69, 9.17) is 4.99 Å². The zero-order valence-electron chi connectivity index (χ0n) is 9.59. The van der Waals surface area contributed by atoms with Crippen molar-refractivity contribution in [2.45, 2.75) is 40.2 Å². The van der Waals surface area contributed by atoms with E-state index in [2.05, 4.69) is 44.9 Å². The number of hydrogen-bond donors (Lipinski definition) is 0. The predicted octanol–water partition coefficient (Wildman–Crippen LogP) is 3.07. The molecule has 2 nitrogen and oxygen atoms in total. The molecule has 3 heteroatoms. The molecule has 2 aliphatic heterocycles. The first-order chi connectivity index (χ1) is 6.30. The maximum atomic E-state index is 4.70. The molecular weight excluding hydrogens is 192 g/mol. The topological polar surface area (TPSA) is 15.6 Å². The second kappa shape index (κ2) is 2.78. The minimum absolute atomic E-state index is 0.0904. The van der Waals surface area contributed by atoms with Gasteiger partial charge in [0.1, 0.15) is 0 Å². The number of rotatable bonds is 0. The quantitative estimate of drug-likeness (QED) is 0.610. The van der Waals surface area contributed by atoms with Crippen molar-refractivity contribution in [2.24, 2.45) is 10.4 Å². The highest BCUT2D eigenvalue weighted by atomic mass is 32.2. The van der Waals surface area contributed by atoms with Gasteiger partial charge in [-0.1, -0.05) is 32.5 Å². The van der Waals surface area contributed by atoms with Crippen LogP contribution in [0.4, 0.5) is 0 Å². The van der Waals surface area contributed by atoms with Crippen molar-refractivity contribution < 1.29 is 0 Å². The molecule has 0 fully saturated rings. The van der Waals surface area contributed by atoms with Gasteiger partial charge in [-0.15, -0.1) is 0 Å². The first-order valence-corrected chi connectivity index (χ1v) is 5.92. The third-order valence-electron chi connectivity index (χ3n) is 2.51. The van der Waals surface area contributed by atoms with Gasteiger partial charge in [-0.05, 0) is 19.3 Å². The average Bonchev–Trinajstić information content (AvgIpc) is 2.38. The molecular formula is C11H18N2S. The van der Waals surface area contributed by atoms with Crippen LogP contribution in [0.3, 0.4) is 0 Å². The van der Waals surface area contributed by atoms with Gasteiger partial charge < -0.3 is 4.90 Å². The molecule has 2 rings (SSSR count). The summed E-state index contributed by atoms with van der Waals surface area (Å²) in [5.41, 5.74) is 1.73. The van der Waals surface area contributed by atoms with E-state index in [1.165, 1.54) is 10.9 Å². The molecule has 14 heavy (non-hydrogen) atoms. The van der Waals surface area contributed by atoms with Crippen LogP contribution in [0.5, 0.6) is 0 Å². The number of nitrogens with zero attached hydrogens (tertiary/aromatic N) is 2. The fourth-order valence-electron chi connectivity index (χ4n) is 1.84. The van der Waals surface area contributed by atoms with Gasteiger partial charge in [0, 0.05) is 17.7 Å². The molecule has 0 saturated heterocycles. The minimum atomic E-state index is 0.0904. The van der Waals surface area contributed by atoms with Crippen molar-refractivity contribution in [3.8, 4) is 0 Å². The van der Waals surface area contributed by atoms with Crippen LogP contribution in [0, 0.1) is 5.41 Å². The summed E-state index contributed by atoms with van der Waals surface area (Å²) in [6, 6.07) is 0. The second-order valence-corrected chi connectivity index (χ2v) is 6.50. The third kappa shape index (κ3) is 1.58. The molecule has 0 saturated carbocycles. The van der Waals surface area contributed by atoms with E-state index >= 15 is 0 Å². The SMILES string of the molecule is CC1(C)CN2C(C(C)(C)C)=CSC2=N1. The fourth-order valence-corrected chi connectivity index (χ4v) is 3.13. The van der Waals surface area contributed by atoms with E-state index in [0.717, 1.165) is 6.54 Å². The van der Waals surface area contributed by atoms with Crippen LogP contribution in [0.15, 0.2) is 16.1 Å². The van der Waals surface area contributed by atoms with Gasteiger partial charge in [0.15, 0.2) is 5.17 Å². The van der Waals surface area contributed by atoms with Crippen LogP contribution < -0.4 is 0 Å². The second-order valence-electron chi connectivity index (χ2n) is 5.66. The molecule has 0 unspecified atom stereocenters. The van der Waals surface area contributed by atoms with Gasteiger partial charge in [-0.3, -0.25) is 4.99 Å². The van der Waals surface area contributed by atoms with Crippen molar-refractivity contribution in [2.75, 3.05) is 6.54 Å². The zero-order chi connectivity index (χ0) is 10.6. The highest BCUT2D eigenvalue weighted by Gasteiger charge is 2.39. The number of aliphatic imine (C=N–C) groups is 1. The Labute approximate surface area is 90.5 Å².